The summed E-state index contributed by atoms with van der Waals surface area (Å²) >= 11 is 3.35. The van der Waals surface area contributed by atoms with E-state index in [1.807, 2.05) is 25.1 Å². The normalized spacial score (nSPS) is 21.3. The summed E-state index contributed by atoms with van der Waals surface area (Å²) in [6.45, 7) is 2.72. The zero-order chi connectivity index (χ0) is 15.5. The van der Waals surface area contributed by atoms with E-state index in [9.17, 15) is 14.7 Å². The average molecular weight is 355 g/mol. The minimum atomic E-state index is -0.804. The SMILES string of the molecule is CCCC1(C(=O)O)CCN(C(=O)Nc2cccc(Br)c2)C1. The van der Waals surface area contributed by atoms with E-state index in [0.717, 1.165) is 10.9 Å². The van der Waals surface area contributed by atoms with Crippen LogP contribution in [0.3, 0.4) is 0 Å². The predicted octanol–water partition coefficient (Wildman–Crippen LogP) is 3.56. The molecule has 0 radical (unpaired) electrons. The van der Waals surface area contributed by atoms with Gasteiger partial charge in [-0.3, -0.25) is 4.79 Å². The number of nitrogens with one attached hydrogen (secondary N) is 1. The lowest BCUT2D eigenvalue weighted by atomic mass is 9.83. The number of hydrogen-bond donors (Lipinski definition) is 2. The number of anilines is 1. The fraction of sp³-hybridized carbons (Fsp3) is 0.467. The molecule has 114 valence electrons. The maximum absolute atomic E-state index is 12.2. The average Bonchev–Trinajstić information content (AvgIpc) is 2.85. The quantitative estimate of drug-likeness (QED) is 0.868. The summed E-state index contributed by atoms with van der Waals surface area (Å²) < 4.78 is 0.882. The number of urea groups is 1. The molecule has 21 heavy (non-hydrogen) atoms. The smallest absolute Gasteiger partial charge is 0.321 e. The molecule has 1 unspecified atom stereocenters. The van der Waals surface area contributed by atoms with Crippen LogP contribution < -0.4 is 5.32 Å². The molecule has 2 amide bonds. The van der Waals surface area contributed by atoms with Crippen molar-refractivity contribution in [2.45, 2.75) is 26.2 Å². The van der Waals surface area contributed by atoms with Gasteiger partial charge in [0, 0.05) is 23.2 Å². The van der Waals surface area contributed by atoms with Crippen LogP contribution in [0.4, 0.5) is 10.5 Å². The zero-order valence-electron chi connectivity index (χ0n) is 11.9. The van der Waals surface area contributed by atoms with Crippen molar-refractivity contribution in [2.75, 3.05) is 18.4 Å². The van der Waals surface area contributed by atoms with E-state index < -0.39 is 11.4 Å². The van der Waals surface area contributed by atoms with Crippen molar-refractivity contribution in [3.63, 3.8) is 0 Å². The van der Waals surface area contributed by atoms with E-state index in [-0.39, 0.29) is 12.6 Å². The van der Waals surface area contributed by atoms with Crippen molar-refractivity contribution in [3.05, 3.63) is 28.7 Å². The number of halogens is 1. The summed E-state index contributed by atoms with van der Waals surface area (Å²) in [5.74, 6) is -0.804. The Morgan fingerprint density at radius 2 is 2.24 bits per heavy atom. The minimum absolute atomic E-state index is 0.243. The number of benzene rings is 1. The van der Waals surface area contributed by atoms with Gasteiger partial charge in [-0.25, -0.2) is 4.79 Å². The van der Waals surface area contributed by atoms with E-state index in [1.165, 1.54) is 0 Å². The molecule has 0 bridgehead atoms. The highest BCUT2D eigenvalue weighted by atomic mass is 79.9. The number of amides is 2. The van der Waals surface area contributed by atoms with E-state index in [2.05, 4.69) is 21.2 Å². The monoisotopic (exact) mass is 354 g/mol. The third-order valence-corrected chi connectivity index (χ3v) is 4.39. The van der Waals surface area contributed by atoms with E-state index in [0.29, 0.717) is 25.1 Å². The lowest BCUT2D eigenvalue weighted by Crippen LogP contribution is -2.38. The van der Waals surface area contributed by atoms with Crippen LogP contribution in [-0.4, -0.2) is 35.1 Å². The molecule has 1 aromatic rings. The van der Waals surface area contributed by atoms with Crippen LogP contribution in [0.25, 0.3) is 0 Å². The summed E-state index contributed by atoms with van der Waals surface area (Å²) in [7, 11) is 0. The third-order valence-electron chi connectivity index (χ3n) is 3.90. The number of carboxylic acids is 1. The van der Waals surface area contributed by atoms with Crippen LogP contribution in [0, 0.1) is 5.41 Å². The van der Waals surface area contributed by atoms with Crippen LogP contribution in [0.15, 0.2) is 28.7 Å². The fourth-order valence-corrected chi connectivity index (χ4v) is 3.18. The number of carboxylic acid groups (broad SMARTS) is 1. The second kappa shape index (κ2) is 6.47. The number of carbonyl (C=O) groups is 2. The Labute approximate surface area is 132 Å². The second-order valence-corrected chi connectivity index (χ2v) is 6.36. The number of aliphatic carboxylic acids is 1. The Morgan fingerprint density at radius 3 is 2.86 bits per heavy atom. The molecule has 0 aromatic heterocycles. The topological polar surface area (TPSA) is 69.6 Å². The molecule has 0 aliphatic carbocycles. The van der Waals surface area contributed by atoms with Crippen LogP contribution in [0.1, 0.15) is 26.2 Å². The molecule has 0 spiro atoms. The molecular weight excluding hydrogens is 336 g/mol. The molecule has 1 aromatic carbocycles. The Kier molecular flexibility index (Phi) is 4.88. The van der Waals surface area contributed by atoms with Crippen molar-refractivity contribution in [2.24, 2.45) is 5.41 Å². The molecule has 1 aliphatic rings. The molecule has 1 saturated heterocycles. The predicted molar refractivity (Wildman–Crippen MR) is 84.3 cm³/mol. The molecule has 1 heterocycles. The van der Waals surface area contributed by atoms with Crippen molar-refractivity contribution in [1.82, 2.24) is 4.90 Å². The summed E-state index contributed by atoms with van der Waals surface area (Å²) in [6, 6.07) is 7.08. The Morgan fingerprint density at radius 1 is 1.48 bits per heavy atom. The molecule has 1 aliphatic heterocycles. The highest BCUT2D eigenvalue weighted by Gasteiger charge is 2.45. The Bertz CT molecular complexity index is 549. The van der Waals surface area contributed by atoms with Crippen LogP contribution in [0.5, 0.6) is 0 Å². The van der Waals surface area contributed by atoms with Gasteiger partial charge in [-0.05, 0) is 31.0 Å². The standard InChI is InChI=1S/C15H19BrN2O3/c1-2-6-15(13(19)20)7-8-18(10-15)14(21)17-12-5-3-4-11(16)9-12/h3-5,9H,2,6-8,10H2,1H3,(H,17,21)(H,19,20). The van der Waals surface area contributed by atoms with Crippen LogP contribution >= 0.6 is 15.9 Å². The van der Waals surface area contributed by atoms with E-state index in [4.69, 9.17) is 0 Å². The second-order valence-electron chi connectivity index (χ2n) is 5.45. The van der Waals surface area contributed by atoms with Gasteiger partial charge in [0.2, 0.25) is 0 Å². The fourth-order valence-electron chi connectivity index (χ4n) is 2.78. The lowest BCUT2D eigenvalue weighted by Gasteiger charge is -2.24. The molecule has 5 nitrogen and oxygen atoms in total. The van der Waals surface area contributed by atoms with Gasteiger partial charge in [-0.15, -0.1) is 0 Å². The number of rotatable bonds is 4. The molecular formula is C15H19BrN2O3. The van der Waals surface area contributed by atoms with Crippen LogP contribution in [0.2, 0.25) is 0 Å². The van der Waals surface area contributed by atoms with Gasteiger partial charge in [0.15, 0.2) is 0 Å². The van der Waals surface area contributed by atoms with Gasteiger partial charge < -0.3 is 15.3 Å². The van der Waals surface area contributed by atoms with Gasteiger partial charge in [0.1, 0.15) is 0 Å². The van der Waals surface area contributed by atoms with E-state index >= 15 is 0 Å². The molecule has 2 N–H and O–H groups in total. The zero-order valence-corrected chi connectivity index (χ0v) is 13.5. The van der Waals surface area contributed by atoms with E-state index in [1.54, 1.807) is 11.0 Å². The molecule has 2 rings (SSSR count). The van der Waals surface area contributed by atoms with Crippen molar-refractivity contribution < 1.29 is 14.7 Å². The van der Waals surface area contributed by atoms with Crippen molar-refractivity contribution in [1.29, 1.82) is 0 Å². The minimum Gasteiger partial charge on any atom is -0.481 e. The summed E-state index contributed by atoms with van der Waals surface area (Å²) in [5.41, 5.74) is -0.0960. The summed E-state index contributed by atoms with van der Waals surface area (Å²) in [5, 5.41) is 12.3. The Hall–Kier alpha value is -1.56. The van der Waals surface area contributed by atoms with Gasteiger partial charge in [0.05, 0.1) is 5.41 Å². The number of nitrogens with zero attached hydrogens (tertiary/aromatic N) is 1. The third kappa shape index (κ3) is 3.56. The summed E-state index contributed by atoms with van der Waals surface area (Å²) in [6.07, 6.45) is 1.92. The van der Waals surface area contributed by atoms with Crippen molar-refractivity contribution in [3.8, 4) is 0 Å². The van der Waals surface area contributed by atoms with Crippen molar-refractivity contribution >= 4 is 33.6 Å². The number of carbonyl (C=O) groups excluding carboxylic acids is 1. The largest absolute Gasteiger partial charge is 0.481 e. The first-order valence-electron chi connectivity index (χ1n) is 7.02. The first kappa shape index (κ1) is 15.8. The molecule has 6 heteroatoms. The maximum Gasteiger partial charge on any atom is 0.321 e. The molecule has 1 atom stereocenters. The van der Waals surface area contributed by atoms with Gasteiger partial charge in [-0.1, -0.05) is 35.3 Å². The molecule has 1 fully saturated rings. The highest BCUT2D eigenvalue weighted by molar-refractivity contribution is 9.10. The first-order chi connectivity index (χ1) is 9.97. The highest BCUT2D eigenvalue weighted by Crippen LogP contribution is 2.35. The van der Waals surface area contributed by atoms with Gasteiger partial charge >= 0.3 is 12.0 Å². The Balaban J connectivity index is 2.03. The van der Waals surface area contributed by atoms with Crippen LogP contribution in [-0.2, 0) is 4.79 Å². The maximum atomic E-state index is 12.2. The summed E-state index contributed by atoms with van der Waals surface area (Å²) in [4.78, 5) is 25.4. The first-order valence-corrected chi connectivity index (χ1v) is 7.81. The van der Waals surface area contributed by atoms with Gasteiger partial charge in [-0.2, -0.15) is 0 Å². The van der Waals surface area contributed by atoms with Gasteiger partial charge in [0.25, 0.3) is 0 Å². The lowest BCUT2D eigenvalue weighted by molar-refractivity contribution is -0.148. The molecule has 0 saturated carbocycles. The number of hydrogen-bond acceptors (Lipinski definition) is 2. The number of likely N-dealkylation sites (tertiary alicyclic amines) is 1.